The summed E-state index contributed by atoms with van der Waals surface area (Å²) in [6, 6.07) is 4.14. The summed E-state index contributed by atoms with van der Waals surface area (Å²) in [4.78, 5) is 7.39. The molecule has 1 N–H and O–H groups in total. The van der Waals surface area contributed by atoms with Crippen molar-refractivity contribution in [2.24, 2.45) is 0 Å². The Kier molecular flexibility index (Phi) is 5.67. The van der Waals surface area contributed by atoms with Gasteiger partial charge in [-0.05, 0) is 70.2 Å². The van der Waals surface area contributed by atoms with Gasteiger partial charge < -0.3 is 19.7 Å². The van der Waals surface area contributed by atoms with Gasteiger partial charge in [0.25, 0.3) is 0 Å². The number of anilines is 1. The maximum absolute atomic E-state index is 6.09. The van der Waals surface area contributed by atoms with Crippen LogP contribution in [0.4, 0.5) is 5.69 Å². The van der Waals surface area contributed by atoms with Gasteiger partial charge in [-0.25, -0.2) is 0 Å². The Bertz CT molecular complexity index is 800. The minimum absolute atomic E-state index is 0.709. The number of benzene rings is 1. The van der Waals surface area contributed by atoms with Gasteiger partial charge in [0.1, 0.15) is 0 Å². The number of methoxy groups -OCH3 is 1. The fourth-order valence-electron chi connectivity index (χ4n) is 4.33. The number of nitrogens with zero attached hydrogens (tertiary/aromatic N) is 2. The third-order valence-electron chi connectivity index (χ3n) is 5.81. The number of likely N-dealkylation sites (tertiary alicyclic amines) is 1. The number of rotatable bonds is 6. The van der Waals surface area contributed by atoms with Gasteiger partial charge >= 0.3 is 0 Å². The van der Waals surface area contributed by atoms with Crippen LogP contribution in [-0.4, -0.2) is 49.8 Å². The van der Waals surface area contributed by atoms with Gasteiger partial charge in [-0.3, -0.25) is 4.98 Å². The number of nitrogens with one attached hydrogen (secondary N) is 1. The first-order chi connectivity index (χ1) is 13.3. The molecule has 5 heteroatoms. The van der Waals surface area contributed by atoms with Crippen LogP contribution in [0.25, 0.3) is 10.9 Å². The van der Waals surface area contributed by atoms with Crippen LogP contribution in [-0.2, 0) is 6.42 Å². The van der Waals surface area contributed by atoms with Crippen LogP contribution in [0.5, 0.6) is 11.5 Å². The van der Waals surface area contributed by atoms with Crippen LogP contribution in [0.3, 0.4) is 0 Å². The highest BCUT2D eigenvalue weighted by molar-refractivity contribution is 5.95. The second-order valence-electron chi connectivity index (χ2n) is 7.71. The van der Waals surface area contributed by atoms with Crippen molar-refractivity contribution in [2.75, 3.05) is 45.2 Å². The molecule has 3 heterocycles. The molecular weight excluding hydrogens is 338 g/mol. The van der Waals surface area contributed by atoms with Crippen molar-refractivity contribution in [1.29, 1.82) is 0 Å². The molecule has 2 aliphatic heterocycles. The molecule has 0 atom stereocenters. The fourth-order valence-corrected chi connectivity index (χ4v) is 4.33. The largest absolute Gasteiger partial charge is 0.493 e. The van der Waals surface area contributed by atoms with Crippen LogP contribution in [0, 0.1) is 6.92 Å². The van der Waals surface area contributed by atoms with Gasteiger partial charge in [0, 0.05) is 35.9 Å². The molecule has 27 heavy (non-hydrogen) atoms. The Hall–Kier alpha value is -2.01. The lowest BCUT2D eigenvalue weighted by atomic mass is 10.0. The van der Waals surface area contributed by atoms with Crippen LogP contribution in [0.2, 0.25) is 0 Å². The third kappa shape index (κ3) is 3.98. The van der Waals surface area contributed by atoms with Crippen LogP contribution >= 0.6 is 0 Å². The third-order valence-corrected chi connectivity index (χ3v) is 5.81. The van der Waals surface area contributed by atoms with Gasteiger partial charge in [-0.1, -0.05) is 0 Å². The first-order valence-electron chi connectivity index (χ1n) is 10.4. The lowest BCUT2D eigenvalue weighted by Gasteiger charge is -2.18. The molecular formula is C22H31N3O2. The van der Waals surface area contributed by atoms with Crippen molar-refractivity contribution in [1.82, 2.24) is 9.88 Å². The monoisotopic (exact) mass is 369 g/mol. The van der Waals surface area contributed by atoms with E-state index in [1.165, 1.54) is 50.0 Å². The number of pyridine rings is 1. The van der Waals surface area contributed by atoms with E-state index < -0.39 is 0 Å². The molecule has 0 radical (unpaired) electrons. The standard InChI is InChI=1S/C22H31N3O2/c1-16-17-8-3-4-9-23-22(17)18-14-20(26-2)21(15-19(18)24-16)27-13-7-12-25-10-5-6-11-25/h14-15,23H,3-13H2,1-2H3. The van der Waals surface area contributed by atoms with Crippen molar-refractivity contribution in [3.05, 3.63) is 23.4 Å². The minimum Gasteiger partial charge on any atom is -0.493 e. The van der Waals surface area contributed by atoms with Gasteiger partial charge in [-0.15, -0.1) is 0 Å². The second-order valence-corrected chi connectivity index (χ2v) is 7.71. The Morgan fingerprint density at radius 3 is 2.78 bits per heavy atom. The average Bonchev–Trinajstić information content (AvgIpc) is 3.07. The normalized spacial score (nSPS) is 17.4. The molecule has 0 bridgehead atoms. The Morgan fingerprint density at radius 2 is 1.96 bits per heavy atom. The minimum atomic E-state index is 0.709. The summed E-state index contributed by atoms with van der Waals surface area (Å²) in [5, 5.41) is 4.76. The number of ether oxygens (including phenoxy) is 2. The Balaban J connectivity index is 1.56. The van der Waals surface area contributed by atoms with Crippen molar-refractivity contribution in [3.63, 3.8) is 0 Å². The molecule has 146 valence electrons. The number of hydrogen-bond acceptors (Lipinski definition) is 5. The average molecular weight is 370 g/mol. The highest BCUT2D eigenvalue weighted by Gasteiger charge is 2.18. The number of fused-ring (bicyclic) bond motifs is 3. The van der Waals surface area contributed by atoms with Gasteiger partial charge in [-0.2, -0.15) is 0 Å². The topological polar surface area (TPSA) is 46.6 Å². The summed E-state index contributed by atoms with van der Waals surface area (Å²) in [6.45, 7) is 7.43. The van der Waals surface area contributed by atoms with E-state index in [2.05, 4.69) is 23.2 Å². The fraction of sp³-hybridized carbons (Fsp3) is 0.591. The van der Waals surface area contributed by atoms with Crippen molar-refractivity contribution < 1.29 is 9.47 Å². The predicted molar refractivity (Wildman–Crippen MR) is 110 cm³/mol. The summed E-state index contributed by atoms with van der Waals surface area (Å²) >= 11 is 0. The molecule has 0 unspecified atom stereocenters. The number of aryl methyl sites for hydroxylation is 1. The second kappa shape index (κ2) is 8.34. The van der Waals surface area contributed by atoms with E-state index in [9.17, 15) is 0 Å². The summed E-state index contributed by atoms with van der Waals surface area (Å²) < 4.78 is 11.7. The van der Waals surface area contributed by atoms with E-state index in [0.717, 1.165) is 54.0 Å². The smallest absolute Gasteiger partial charge is 0.163 e. The molecule has 4 rings (SSSR count). The van der Waals surface area contributed by atoms with E-state index in [1.54, 1.807) is 7.11 Å². The molecule has 2 aliphatic rings. The summed E-state index contributed by atoms with van der Waals surface area (Å²) in [5.74, 6) is 1.59. The predicted octanol–water partition coefficient (Wildman–Crippen LogP) is 4.16. The molecule has 2 aromatic rings. The van der Waals surface area contributed by atoms with E-state index in [0.29, 0.717) is 6.61 Å². The van der Waals surface area contributed by atoms with Crippen molar-refractivity contribution in [2.45, 2.75) is 45.4 Å². The maximum atomic E-state index is 6.09. The van der Waals surface area contributed by atoms with Gasteiger partial charge in [0.05, 0.1) is 19.2 Å². The molecule has 5 nitrogen and oxygen atoms in total. The molecule has 0 amide bonds. The molecule has 0 saturated carbocycles. The Morgan fingerprint density at radius 1 is 1.11 bits per heavy atom. The molecule has 1 saturated heterocycles. The highest BCUT2D eigenvalue weighted by Crippen LogP contribution is 2.38. The Labute approximate surface area is 162 Å². The number of aromatic nitrogens is 1. The molecule has 1 fully saturated rings. The van der Waals surface area contributed by atoms with Crippen molar-refractivity contribution >= 4 is 16.6 Å². The quantitative estimate of drug-likeness (QED) is 0.775. The summed E-state index contributed by atoms with van der Waals surface area (Å²) in [6.07, 6.45) is 7.22. The lowest BCUT2D eigenvalue weighted by Crippen LogP contribution is -2.21. The zero-order valence-electron chi connectivity index (χ0n) is 16.6. The van der Waals surface area contributed by atoms with Crippen LogP contribution in [0.15, 0.2) is 12.1 Å². The van der Waals surface area contributed by atoms with Gasteiger partial charge in [0.2, 0.25) is 0 Å². The molecule has 1 aromatic carbocycles. The first kappa shape index (κ1) is 18.4. The van der Waals surface area contributed by atoms with E-state index in [1.807, 2.05) is 6.07 Å². The van der Waals surface area contributed by atoms with Crippen LogP contribution < -0.4 is 14.8 Å². The highest BCUT2D eigenvalue weighted by atomic mass is 16.5. The first-order valence-corrected chi connectivity index (χ1v) is 10.4. The zero-order chi connectivity index (χ0) is 18.6. The number of hydrogen-bond donors (Lipinski definition) is 1. The van der Waals surface area contributed by atoms with Crippen molar-refractivity contribution in [3.8, 4) is 11.5 Å². The van der Waals surface area contributed by atoms with E-state index in [-0.39, 0.29) is 0 Å². The summed E-state index contributed by atoms with van der Waals surface area (Å²) in [5.41, 5.74) is 4.68. The molecule has 1 aromatic heterocycles. The summed E-state index contributed by atoms with van der Waals surface area (Å²) in [7, 11) is 1.71. The van der Waals surface area contributed by atoms with E-state index >= 15 is 0 Å². The van der Waals surface area contributed by atoms with Gasteiger partial charge in [0.15, 0.2) is 11.5 Å². The van der Waals surface area contributed by atoms with E-state index in [4.69, 9.17) is 14.5 Å². The maximum Gasteiger partial charge on any atom is 0.163 e. The van der Waals surface area contributed by atoms with Crippen LogP contribution in [0.1, 0.15) is 43.4 Å². The SMILES string of the molecule is COc1cc2c3c(c(C)nc2cc1OCCCN1CCCC1)CCCCN3. The molecule has 0 spiro atoms. The molecule has 0 aliphatic carbocycles. The lowest BCUT2D eigenvalue weighted by molar-refractivity contribution is 0.254. The zero-order valence-corrected chi connectivity index (χ0v) is 16.6.